The number of rotatable bonds is 8. The molecule has 7 heteroatoms. The van der Waals surface area contributed by atoms with E-state index >= 15 is 0 Å². The first-order valence-corrected chi connectivity index (χ1v) is 8.36. The summed E-state index contributed by atoms with van der Waals surface area (Å²) in [6.45, 7) is 3.68. The third kappa shape index (κ3) is 7.33. The van der Waals surface area contributed by atoms with Crippen molar-refractivity contribution in [3.05, 3.63) is 71.0 Å². The van der Waals surface area contributed by atoms with Gasteiger partial charge in [0.1, 0.15) is 6.54 Å². The number of aliphatic carboxylic acids is 1. The van der Waals surface area contributed by atoms with Gasteiger partial charge in [-0.3, -0.25) is 9.79 Å². The maximum Gasteiger partial charge on any atom is 0.325 e. The number of nitrogens with one attached hydrogen (secondary N) is 1. The van der Waals surface area contributed by atoms with Crippen LogP contribution < -0.4 is 5.32 Å². The predicted molar refractivity (Wildman–Crippen MR) is 102 cm³/mol. The van der Waals surface area contributed by atoms with Crippen molar-refractivity contribution < 1.29 is 31.2 Å². The van der Waals surface area contributed by atoms with Crippen LogP contribution in [0.3, 0.4) is 0 Å². The van der Waals surface area contributed by atoms with Crippen molar-refractivity contribution in [3.63, 3.8) is 0 Å². The Morgan fingerprint density at radius 3 is 2.33 bits per heavy atom. The fraction of sp³-hybridized carbons (Fsp3) is 0.250. The van der Waals surface area contributed by atoms with E-state index in [1.54, 1.807) is 18.2 Å². The number of carboxylic acid groups (broad SMARTS) is 1. The number of hydrogen-bond donors (Lipinski definition) is 2. The zero-order valence-electron chi connectivity index (χ0n) is 15.2. The smallest absolute Gasteiger partial charge is 0.325 e. The summed E-state index contributed by atoms with van der Waals surface area (Å²) in [5.74, 6) is -1.32. The van der Waals surface area contributed by atoms with E-state index < -0.39 is 5.97 Å². The summed E-state index contributed by atoms with van der Waals surface area (Å²) >= 11 is 0. The molecule has 2 aromatic carbocycles. The Kier molecular flexibility index (Phi) is 9.41. The van der Waals surface area contributed by atoms with E-state index in [1.807, 2.05) is 50.2 Å². The molecule has 0 aromatic heterocycles. The molecule has 0 aliphatic heterocycles. The number of carbonyl (C=O) groups is 2. The van der Waals surface area contributed by atoms with Crippen molar-refractivity contribution in [2.24, 2.45) is 4.99 Å². The number of carboxylic acids is 1. The van der Waals surface area contributed by atoms with E-state index in [2.05, 4.69) is 15.6 Å². The van der Waals surface area contributed by atoms with E-state index in [9.17, 15) is 9.59 Å². The van der Waals surface area contributed by atoms with Gasteiger partial charge in [-0.15, -0.1) is 5.69 Å². The maximum absolute atomic E-state index is 12.1. The number of aliphatic imine (C=N–C) groups is 1. The van der Waals surface area contributed by atoms with Gasteiger partial charge in [0.15, 0.2) is 0 Å². The summed E-state index contributed by atoms with van der Waals surface area (Å²) in [4.78, 5) is 27.4. The summed E-state index contributed by atoms with van der Waals surface area (Å²) in [5.41, 5.74) is 2.36. The molecule has 0 saturated heterocycles. The maximum atomic E-state index is 12.1. The van der Waals surface area contributed by atoms with Gasteiger partial charge < -0.3 is 20.5 Å². The van der Waals surface area contributed by atoms with Crippen LogP contribution >= 0.6 is 0 Å². The molecule has 2 aromatic rings. The summed E-state index contributed by atoms with van der Waals surface area (Å²) < 4.78 is 0. The molecule has 0 heterocycles. The van der Waals surface area contributed by atoms with E-state index in [4.69, 9.17) is 5.11 Å². The van der Waals surface area contributed by atoms with Crippen LogP contribution in [0, 0.1) is 0 Å². The molecule has 6 nitrogen and oxygen atoms in total. The summed E-state index contributed by atoms with van der Waals surface area (Å²) in [5, 5.41) is 16.2. The first kappa shape index (κ1) is 22.5. The van der Waals surface area contributed by atoms with Gasteiger partial charge in [-0.1, -0.05) is 68.4 Å². The van der Waals surface area contributed by atoms with Gasteiger partial charge in [-0.05, 0) is 5.56 Å². The number of para-hydroxylation sites is 1. The van der Waals surface area contributed by atoms with Crippen molar-refractivity contribution in [3.8, 4) is 0 Å². The quantitative estimate of drug-likeness (QED) is 0.516. The summed E-state index contributed by atoms with van der Waals surface area (Å²) in [7, 11) is 0. The van der Waals surface area contributed by atoms with Gasteiger partial charge in [0.25, 0.3) is 0 Å². The molecule has 2 N–H and O–H groups in total. The molecule has 0 bridgehead atoms. The SMILES string of the molecule is CC(C)NCC(=O)[N-]c1ccccc1C(=NCC(=O)O)c1ccccc1.[Ni]. The van der Waals surface area contributed by atoms with Crippen molar-refractivity contribution in [2.45, 2.75) is 19.9 Å². The molecule has 1 amide bonds. The molecule has 0 fully saturated rings. The third-order valence-corrected chi connectivity index (χ3v) is 3.49. The second-order valence-electron chi connectivity index (χ2n) is 5.98. The van der Waals surface area contributed by atoms with Crippen LogP contribution in [0.1, 0.15) is 25.0 Å². The van der Waals surface area contributed by atoms with Crippen molar-refractivity contribution >= 4 is 23.3 Å². The van der Waals surface area contributed by atoms with Gasteiger partial charge >= 0.3 is 5.97 Å². The number of amides is 1. The van der Waals surface area contributed by atoms with Crippen LogP contribution in [0.2, 0.25) is 0 Å². The Hall–Kier alpha value is -2.50. The molecule has 0 spiro atoms. The molecule has 0 aliphatic rings. The van der Waals surface area contributed by atoms with Crippen LogP contribution in [-0.2, 0) is 26.1 Å². The minimum absolute atomic E-state index is 0. The third-order valence-electron chi connectivity index (χ3n) is 3.49. The average molecular weight is 411 g/mol. The number of carbonyl (C=O) groups excluding carboxylic acids is 1. The van der Waals surface area contributed by atoms with Gasteiger partial charge in [-0.25, -0.2) is 0 Å². The Labute approximate surface area is 169 Å². The minimum Gasteiger partial charge on any atom is -0.625 e. The first-order chi connectivity index (χ1) is 12.5. The van der Waals surface area contributed by atoms with Crippen molar-refractivity contribution in [2.75, 3.05) is 13.1 Å². The van der Waals surface area contributed by atoms with Crippen LogP contribution in [0.4, 0.5) is 5.69 Å². The zero-order chi connectivity index (χ0) is 18.9. The summed E-state index contributed by atoms with van der Waals surface area (Å²) in [6.07, 6.45) is 0. The van der Waals surface area contributed by atoms with Crippen LogP contribution in [-0.4, -0.2) is 41.8 Å². The fourth-order valence-corrected chi connectivity index (χ4v) is 2.31. The fourth-order valence-electron chi connectivity index (χ4n) is 2.31. The second kappa shape index (κ2) is 11.3. The summed E-state index contributed by atoms with van der Waals surface area (Å²) in [6, 6.07) is 16.6. The average Bonchev–Trinajstić information content (AvgIpc) is 2.62. The normalized spacial score (nSPS) is 11.0. The molecule has 2 rings (SSSR count). The molecule has 0 atom stereocenters. The Bertz CT molecular complexity index is 792. The molecule has 0 unspecified atom stereocenters. The van der Waals surface area contributed by atoms with E-state index in [-0.39, 0.29) is 41.5 Å². The van der Waals surface area contributed by atoms with Crippen LogP contribution in [0.15, 0.2) is 59.6 Å². The molecule has 27 heavy (non-hydrogen) atoms. The van der Waals surface area contributed by atoms with Gasteiger partial charge in [-0.2, -0.15) is 0 Å². The zero-order valence-corrected chi connectivity index (χ0v) is 16.1. The van der Waals surface area contributed by atoms with E-state index in [0.29, 0.717) is 17.0 Å². The van der Waals surface area contributed by atoms with Gasteiger partial charge in [0.2, 0.25) is 0 Å². The van der Waals surface area contributed by atoms with E-state index in [0.717, 1.165) is 5.56 Å². The largest absolute Gasteiger partial charge is 0.625 e. The number of nitrogens with zero attached hydrogens (tertiary/aromatic N) is 2. The molecule has 146 valence electrons. The molecular formula is C20H22N3NiO3-. The van der Waals surface area contributed by atoms with Crippen molar-refractivity contribution in [1.29, 1.82) is 0 Å². The molecule has 0 radical (unpaired) electrons. The second-order valence-corrected chi connectivity index (χ2v) is 5.98. The first-order valence-electron chi connectivity index (χ1n) is 8.36. The van der Waals surface area contributed by atoms with Crippen LogP contribution in [0.5, 0.6) is 0 Å². The topological polar surface area (TPSA) is 92.9 Å². The Morgan fingerprint density at radius 2 is 1.70 bits per heavy atom. The van der Waals surface area contributed by atoms with Gasteiger partial charge in [0.05, 0.1) is 11.6 Å². The molecule has 0 saturated carbocycles. The van der Waals surface area contributed by atoms with Crippen LogP contribution in [0.25, 0.3) is 5.32 Å². The standard InChI is InChI=1S/C20H23N3O3.Ni/c1-14(2)21-12-18(24)23-17-11-7-6-10-16(17)20(22-13-19(25)26)15-8-4-3-5-9-15;/h3-11,14,21H,12-13H2,1-2H3,(H2,22,23,24,25,26);/p-1. The monoisotopic (exact) mass is 410 g/mol. The number of hydrogen-bond acceptors (Lipinski definition) is 4. The minimum atomic E-state index is -1.02. The number of benzene rings is 2. The Balaban J connectivity index is 0.00000364. The van der Waals surface area contributed by atoms with E-state index in [1.165, 1.54) is 0 Å². The van der Waals surface area contributed by atoms with Crippen molar-refractivity contribution in [1.82, 2.24) is 5.32 Å². The predicted octanol–water partition coefficient (Wildman–Crippen LogP) is 3.14. The van der Waals surface area contributed by atoms with Gasteiger partial charge in [0, 0.05) is 34.6 Å². The Morgan fingerprint density at radius 1 is 1.07 bits per heavy atom. The molecule has 0 aliphatic carbocycles. The molecular weight excluding hydrogens is 389 g/mol.